The molecule has 1 amide bonds. The molecule has 0 aromatic rings. The third kappa shape index (κ3) is 2.71. The summed E-state index contributed by atoms with van der Waals surface area (Å²) in [5, 5.41) is 3.25. The summed E-state index contributed by atoms with van der Waals surface area (Å²) in [6.07, 6.45) is 6.38. The number of amides is 1. The van der Waals surface area contributed by atoms with Gasteiger partial charge >= 0.3 is 0 Å². The Morgan fingerprint density at radius 1 is 1.33 bits per heavy atom. The van der Waals surface area contributed by atoms with Gasteiger partial charge in [-0.2, -0.15) is 0 Å². The standard InChI is InChI=1S/C12H22N2O/c1-14(9-10-4-2-3-5-10)12(15)11-6-7-13-8-11/h10-11,13H,2-9H2,1H3. The minimum atomic E-state index is 0.247. The first-order valence-corrected chi connectivity index (χ1v) is 6.23. The molecule has 0 radical (unpaired) electrons. The van der Waals surface area contributed by atoms with Gasteiger partial charge in [0.2, 0.25) is 5.91 Å². The van der Waals surface area contributed by atoms with Crippen molar-refractivity contribution in [3.05, 3.63) is 0 Å². The lowest BCUT2D eigenvalue weighted by molar-refractivity contribution is -0.134. The van der Waals surface area contributed by atoms with E-state index in [-0.39, 0.29) is 5.92 Å². The zero-order chi connectivity index (χ0) is 10.7. The summed E-state index contributed by atoms with van der Waals surface area (Å²) in [4.78, 5) is 14.0. The van der Waals surface area contributed by atoms with Crippen LogP contribution in [0.3, 0.4) is 0 Å². The Kier molecular flexibility index (Phi) is 3.62. The maximum absolute atomic E-state index is 12.0. The van der Waals surface area contributed by atoms with Crippen LogP contribution in [-0.4, -0.2) is 37.5 Å². The maximum atomic E-state index is 12.0. The zero-order valence-corrected chi connectivity index (χ0v) is 9.67. The number of rotatable bonds is 3. The summed E-state index contributed by atoms with van der Waals surface area (Å²) >= 11 is 0. The molecule has 0 aromatic carbocycles. The van der Waals surface area contributed by atoms with Crippen LogP contribution in [0.4, 0.5) is 0 Å². The summed E-state index contributed by atoms with van der Waals surface area (Å²) in [5.74, 6) is 1.37. The van der Waals surface area contributed by atoms with Gasteiger partial charge < -0.3 is 10.2 Å². The monoisotopic (exact) mass is 210 g/mol. The third-order valence-electron chi connectivity index (χ3n) is 3.79. The van der Waals surface area contributed by atoms with E-state index >= 15 is 0 Å². The van der Waals surface area contributed by atoms with Gasteiger partial charge in [0, 0.05) is 20.1 Å². The lowest BCUT2D eigenvalue weighted by atomic mass is 10.0. The first kappa shape index (κ1) is 10.9. The normalized spacial score (nSPS) is 27.1. The van der Waals surface area contributed by atoms with Gasteiger partial charge in [0.1, 0.15) is 0 Å². The average Bonchev–Trinajstić information content (AvgIpc) is 2.88. The summed E-state index contributed by atoms with van der Waals surface area (Å²) in [5.41, 5.74) is 0. The molecule has 1 atom stereocenters. The van der Waals surface area contributed by atoms with Crippen LogP contribution in [0.2, 0.25) is 0 Å². The number of nitrogens with zero attached hydrogens (tertiary/aromatic N) is 1. The highest BCUT2D eigenvalue weighted by Gasteiger charge is 2.27. The highest BCUT2D eigenvalue weighted by molar-refractivity contribution is 5.79. The fourth-order valence-electron chi connectivity index (χ4n) is 2.85. The van der Waals surface area contributed by atoms with Gasteiger partial charge in [-0.05, 0) is 31.7 Å². The number of carbonyl (C=O) groups is 1. The number of hydrogen-bond acceptors (Lipinski definition) is 2. The Labute approximate surface area is 92.2 Å². The molecule has 1 aliphatic heterocycles. The predicted octanol–water partition coefficient (Wildman–Crippen LogP) is 1.24. The highest BCUT2D eigenvalue weighted by atomic mass is 16.2. The summed E-state index contributed by atoms with van der Waals surface area (Å²) in [6, 6.07) is 0. The summed E-state index contributed by atoms with van der Waals surface area (Å²) in [7, 11) is 1.97. The van der Waals surface area contributed by atoms with E-state index in [9.17, 15) is 4.79 Å². The van der Waals surface area contributed by atoms with Crippen LogP contribution in [0.15, 0.2) is 0 Å². The molecule has 0 aromatic heterocycles. The molecule has 2 fully saturated rings. The maximum Gasteiger partial charge on any atom is 0.226 e. The highest BCUT2D eigenvalue weighted by Crippen LogP contribution is 2.25. The van der Waals surface area contributed by atoms with Crippen molar-refractivity contribution in [2.45, 2.75) is 32.1 Å². The molecule has 1 heterocycles. The van der Waals surface area contributed by atoms with E-state index in [0.717, 1.165) is 32.0 Å². The molecule has 1 N–H and O–H groups in total. The number of hydrogen-bond donors (Lipinski definition) is 1. The smallest absolute Gasteiger partial charge is 0.226 e. The fourth-order valence-corrected chi connectivity index (χ4v) is 2.85. The van der Waals surface area contributed by atoms with Crippen molar-refractivity contribution in [3.8, 4) is 0 Å². The molecule has 1 saturated carbocycles. The molecular formula is C12H22N2O. The van der Waals surface area contributed by atoms with Crippen LogP contribution in [0.1, 0.15) is 32.1 Å². The van der Waals surface area contributed by atoms with Crippen LogP contribution in [0, 0.1) is 11.8 Å². The van der Waals surface area contributed by atoms with E-state index in [1.165, 1.54) is 25.7 Å². The lowest BCUT2D eigenvalue weighted by Gasteiger charge is -2.23. The Hall–Kier alpha value is -0.570. The van der Waals surface area contributed by atoms with Crippen molar-refractivity contribution in [2.24, 2.45) is 11.8 Å². The third-order valence-corrected chi connectivity index (χ3v) is 3.79. The second-order valence-corrected chi connectivity index (χ2v) is 5.06. The zero-order valence-electron chi connectivity index (χ0n) is 9.67. The van der Waals surface area contributed by atoms with Crippen molar-refractivity contribution in [2.75, 3.05) is 26.7 Å². The minimum absolute atomic E-state index is 0.247. The quantitative estimate of drug-likeness (QED) is 0.760. The van der Waals surface area contributed by atoms with Gasteiger partial charge in [-0.15, -0.1) is 0 Å². The van der Waals surface area contributed by atoms with Crippen LogP contribution >= 0.6 is 0 Å². The van der Waals surface area contributed by atoms with Gasteiger partial charge in [0.25, 0.3) is 0 Å². The Bertz CT molecular complexity index is 218. The summed E-state index contributed by atoms with van der Waals surface area (Å²) < 4.78 is 0. The van der Waals surface area contributed by atoms with E-state index in [4.69, 9.17) is 0 Å². The second kappa shape index (κ2) is 4.97. The van der Waals surface area contributed by atoms with Gasteiger partial charge in [-0.1, -0.05) is 12.8 Å². The molecule has 1 saturated heterocycles. The molecule has 2 rings (SSSR count). The van der Waals surface area contributed by atoms with Crippen LogP contribution < -0.4 is 5.32 Å². The molecule has 3 heteroatoms. The van der Waals surface area contributed by atoms with Crippen molar-refractivity contribution in [3.63, 3.8) is 0 Å². The molecule has 1 unspecified atom stereocenters. The molecule has 86 valence electrons. The van der Waals surface area contributed by atoms with Gasteiger partial charge in [0.05, 0.1) is 5.92 Å². The van der Waals surface area contributed by atoms with Crippen molar-refractivity contribution >= 4 is 5.91 Å². The van der Waals surface area contributed by atoms with Crippen molar-refractivity contribution in [1.29, 1.82) is 0 Å². The molecule has 2 aliphatic rings. The topological polar surface area (TPSA) is 32.3 Å². The average molecular weight is 210 g/mol. The second-order valence-electron chi connectivity index (χ2n) is 5.06. The van der Waals surface area contributed by atoms with Gasteiger partial charge in [0.15, 0.2) is 0 Å². The SMILES string of the molecule is CN(CC1CCCC1)C(=O)C1CCNC1. The van der Waals surface area contributed by atoms with E-state index in [2.05, 4.69) is 5.32 Å². The molecule has 0 bridgehead atoms. The van der Waals surface area contributed by atoms with Gasteiger partial charge in [-0.3, -0.25) is 4.79 Å². The van der Waals surface area contributed by atoms with Gasteiger partial charge in [-0.25, -0.2) is 0 Å². The lowest BCUT2D eigenvalue weighted by Crippen LogP contribution is -2.36. The summed E-state index contributed by atoms with van der Waals surface area (Å²) in [6.45, 7) is 2.87. The first-order chi connectivity index (χ1) is 7.27. The number of nitrogens with one attached hydrogen (secondary N) is 1. The Morgan fingerprint density at radius 2 is 2.07 bits per heavy atom. The van der Waals surface area contributed by atoms with Crippen LogP contribution in [-0.2, 0) is 4.79 Å². The fraction of sp³-hybridized carbons (Fsp3) is 0.917. The Morgan fingerprint density at radius 3 is 2.67 bits per heavy atom. The van der Waals surface area contributed by atoms with Crippen LogP contribution in [0.5, 0.6) is 0 Å². The van der Waals surface area contributed by atoms with Crippen LogP contribution in [0.25, 0.3) is 0 Å². The first-order valence-electron chi connectivity index (χ1n) is 6.23. The minimum Gasteiger partial charge on any atom is -0.345 e. The van der Waals surface area contributed by atoms with E-state index in [1.807, 2.05) is 11.9 Å². The molecule has 15 heavy (non-hydrogen) atoms. The molecule has 1 aliphatic carbocycles. The number of carbonyl (C=O) groups excluding carboxylic acids is 1. The van der Waals surface area contributed by atoms with Crippen molar-refractivity contribution in [1.82, 2.24) is 10.2 Å². The van der Waals surface area contributed by atoms with E-state index in [0.29, 0.717) is 5.91 Å². The Balaban J connectivity index is 1.78. The molecule has 0 spiro atoms. The van der Waals surface area contributed by atoms with E-state index < -0.39 is 0 Å². The molecular weight excluding hydrogens is 188 g/mol. The van der Waals surface area contributed by atoms with Crippen molar-refractivity contribution < 1.29 is 4.79 Å². The molecule has 3 nitrogen and oxygen atoms in total. The predicted molar refractivity (Wildman–Crippen MR) is 60.6 cm³/mol. The largest absolute Gasteiger partial charge is 0.345 e. The van der Waals surface area contributed by atoms with E-state index in [1.54, 1.807) is 0 Å².